The van der Waals surface area contributed by atoms with Gasteiger partial charge in [0.15, 0.2) is 0 Å². The topological polar surface area (TPSA) is 92.5 Å². The lowest BCUT2D eigenvalue weighted by molar-refractivity contribution is -0.136. The molecule has 0 aromatic heterocycles. The first kappa shape index (κ1) is 17.0. The fourth-order valence-corrected chi connectivity index (χ4v) is 2.92. The average molecular weight is 301 g/mol. The zero-order valence-electron chi connectivity index (χ0n) is 11.8. The number of carbonyl (C=O) groups is 1. The van der Waals surface area contributed by atoms with Crippen LogP contribution >= 0.6 is 0 Å². The molecule has 6 nitrogen and oxygen atoms in total. The first-order chi connectivity index (χ1) is 9.35. The molecule has 2 unspecified atom stereocenters. The van der Waals surface area contributed by atoms with Crippen molar-refractivity contribution in [3.05, 3.63) is 0 Å². The van der Waals surface area contributed by atoms with Crippen molar-refractivity contribution >= 4 is 15.9 Å². The lowest BCUT2D eigenvalue weighted by atomic mass is 9.98. The molecule has 2 atom stereocenters. The van der Waals surface area contributed by atoms with E-state index in [1.807, 2.05) is 0 Å². The van der Waals surface area contributed by atoms with Crippen molar-refractivity contribution in [3.8, 4) is 12.3 Å². The summed E-state index contributed by atoms with van der Waals surface area (Å²) < 4.78 is 24.5. The van der Waals surface area contributed by atoms with Gasteiger partial charge in [0.1, 0.15) is 0 Å². The molecule has 7 heteroatoms. The van der Waals surface area contributed by atoms with Crippen LogP contribution in [-0.2, 0) is 14.8 Å². The summed E-state index contributed by atoms with van der Waals surface area (Å²) in [5.74, 6) is 2.27. The highest BCUT2D eigenvalue weighted by atomic mass is 32.2. The van der Waals surface area contributed by atoms with Crippen molar-refractivity contribution in [2.75, 3.05) is 19.3 Å². The third kappa shape index (κ3) is 5.49. The molecule has 1 amide bonds. The highest BCUT2D eigenvalue weighted by molar-refractivity contribution is 7.88. The number of nitrogens with one attached hydrogen (secondary N) is 1. The first-order valence-electron chi connectivity index (χ1n) is 6.79. The second kappa shape index (κ2) is 7.62. The van der Waals surface area contributed by atoms with E-state index in [-0.39, 0.29) is 18.4 Å². The van der Waals surface area contributed by atoms with Crippen molar-refractivity contribution in [2.45, 2.75) is 44.2 Å². The van der Waals surface area contributed by atoms with Gasteiger partial charge in [-0.3, -0.25) is 4.79 Å². The number of nitrogens with zero attached hydrogens (tertiary/aromatic N) is 1. The quantitative estimate of drug-likeness (QED) is 0.656. The maximum Gasteiger partial charge on any atom is 0.240 e. The minimum Gasteiger partial charge on any atom is -0.338 e. The maximum absolute atomic E-state index is 12.2. The Kier molecular flexibility index (Phi) is 6.46. The molecule has 114 valence electrons. The van der Waals surface area contributed by atoms with E-state index in [2.05, 4.69) is 10.6 Å². The molecule has 0 bridgehead atoms. The monoisotopic (exact) mass is 301 g/mol. The summed E-state index contributed by atoms with van der Waals surface area (Å²) in [7, 11) is -3.19. The second-order valence-electron chi connectivity index (χ2n) is 5.15. The van der Waals surface area contributed by atoms with Crippen LogP contribution in [0.5, 0.6) is 0 Å². The van der Waals surface area contributed by atoms with Crippen LogP contribution in [0.2, 0.25) is 0 Å². The van der Waals surface area contributed by atoms with Crippen LogP contribution in [0.15, 0.2) is 0 Å². The van der Waals surface area contributed by atoms with Gasteiger partial charge in [0.2, 0.25) is 15.9 Å². The minimum atomic E-state index is -3.19. The Bertz CT molecular complexity index is 470. The number of rotatable bonds is 6. The molecule has 1 rings (SSSR count). The third-order valence-corrected chi connectivity index (χ3v) is 4.14. The van der Waals surface area contributed by atoms with Crippen LogP contribution in [0.1, 0.15) is 32.1 Å². The van der Waals surface area contributed by atoms with E-state index in [1.165, 1.54) is 0 Å². The number of terminal acetylenes is 1. The highest BCUT2D eigenvalue weighted by Crippen LogP contribution is 2.20. The Morgan fingerprint density at radius 3 is 2.85 bits per heavy atom. The number of sulfonamides is 1. The molecule has 1 heterocycles. The number of hydrogen-bond donors (Lipinski definition) is 2. The Morgan fingerprint density at radius 2 is 2.25 bits per heavy atom. The molecular formula is C13H23N3O3S. The SMILES string of the molecule is C#CCC(N)C(=O)N1CCCCC1CCNS(C)(=O)=O. The maximum atomic E-state index is 12.2. The largest absolute Gasteiger partial charge is 0.338 e. The fourth-order valence-electron chi connectivity index (χ4n) is 2.43. The molecule has 0 aromatic carbocycles. The number of amides is 1. The molecule has 0 aliphatic carbocycles. The normalized spacial score (nSPS) is 21.2. The molecule has 3 N–H and O–H groups in total. The number of likely N-dealkylation sites (tertiary alicyclic amines) is 1. The van der Waals surface area contributed by atoms with Crippen molar-refractivity contribution in [2.24, 2.45) is 5.73 Å². The van der Waals surface area contributed by atoms with E-state index in [9.17, 15) is 13.2 Å². The summed E-state index contributed by atoms with van der Waals surface area (Å²) in [5.41, 5.74) is 5.77. The Labute approximate surface area is 121 Å². The van der Waals surface area contributed by atoms with Crippen molar-refractivity contribution < 1.29 is 13.2 Å². The molecule has 0 aromatic rings. The van der Waals surface area contributed by atoms with Crippen molar-refractivity contribution in [1.29, 1.82) is 0 Å². The lowest BCUT2D eigenvalue weighted by Crippen LogP contribution is -2.51. The second-order valence-corrected chi connectivity index (χ2v) is 6.98. The standard InChI is InChI=1S/C13H23N3O3S/c1-3-6-12(14)13(17)16-10-5-4-7-11(16)8-9-15-20(2,18)19/h1,11-12,15H,4-10,14H2,2H3. The third-order valence-electron chi connectivity index (χ3n) is 3.41. The Morgan fingerprint density at radius 1 is 1.55 bits per heavy atom. The van der Waals surface area contributed by atoms with Gasteiger partial charge in [-0.05, 0) is 25.7 Å². The molecule has 1 aliphatic rings. The summed E-state index contributed by atoms with van der Waals surface area (Å²) >= 11 is 0. The molecular weight excluding hydrogens is 278 g/mol. The van der Waals surface area contributed by atoms with E-state index in [0.29, 0.717) is 19.5 Å². The molecule has 1 saturated heterocycles. The summed E-state index contributed by atoms with van der Waals surface area (Å²) in [6.07, 6.45) is 9.99. The molecule has 0 spiro atoms. The van der Waals surface area contributed by atoms with Crippen LogP contribution < -0.4 is 10.5 Å². The first-order valence-corrected chi connectivity index (χ1v) is 8.68. The Balaban J connectivity index is 2.58. The molecule has 1 aliphatic heterocycles. The van der Waals surface area contributed by atoms with Crippen LogP contribution in [0.3, 0.4) is 0 Å². The van der Waals surface area contributed by atoms with Crippen molar-refractivity contribution in [3.63, 3.8) is 0 Å². The average Bonchev–Trinajstić information content (AvgIpc) is 2.37. The summed E-state index contributed by atoms with van der Waals surface area (Å²) in [5, 5.41) is 0. The number of hydrogen-bond acceptors (Lipinski definition) is 4. The predicted molar refractivity (Wildman–Crippen MR) is 78.2 cm³/mol. The zero-order valence-corrected chi connectivity index (χ0v) is 12.7. The number of piperidine rings is 1. The summed E-state index contributed by atoms with van der Waals surface area (Å²) in [6, 6.07) is -0.627. The number of nitrogens with two attached hydrogens (primary N) is 1. The minimum absolute atomic E-state index is 0.0364. The van der Waals surface area contributed by atoms with Gasteiger partial charge in [-0.2, -0.15) is 0 Å². The lowest BCUT2D eigenvalue weighted by Gasteiger charge is -2.37. The number of carbonyl (C=O) groups excluding carboxylic acids is 1. The van der Waals surface area contributed by atoms with Gasteiger partial charge in [0, 0.05) is 25.6 Å². The van der Waals surface area contributed by atoms with Gasteiger partial charge >= 0.3 is 0 Å². The van der Waals surface area contributed by atoms with Crippen LogP contribution in [-0.4, -0.2) is 50.7 Å². The highest BCUT2D eigenvalue weighted by Gasteiger charge is 2.29. The van der Waals surface area contributed by atoms with E-state index >= 15 is 0 Å². The van der Waals surface area contributed by atoms with Gasteiger partial charge in [0.05, 0.1) is 12.3 Å². The van der Waals surface area contributed by atoms with Gasteiger partial charge in [0.25, 0.3) is 0 Å². The summed E-state index contributed by atoms with van der Waals surface area (Å²) in [4.78, 5) is 14.0. The van der Waals surface area contributed by atoms with Crippen molar-refractivity contribution in [1.82, 2.24) is 9.62 Å². The van der Waals surface area contributed by atoms with Crippen LogP contribution in [0.25, 0.3) is 0 Å². The smallest absolute Gasteiger partial charge is 0.240 e. The zero-order chi connectivity index (χ0) is 15.2. The van der Waals surface area contributed by atoms with E-state index in [4.69, 9.17) is 12.2 Å². The van der Waals surface area contributed by atoms with Crippen LogP contribution in [0.4, 0.5) is 0 Å². The van der Waals surface area contributed by atoms with Gasteiger partial charge in [-0.15, -0.1) is 12.3 Å². The van der Waals surface area contributed by atoms with E-state index in [0.717, 1.165) is 25.5 Å². The molecule has 0 radical (unpaired) electrons. The van der Waals surface area contributed by atoms with Gasteiger partial charge in [-0.25, -0.2) is 13.1 Å². The van der Waals surface area contributed by atoms with E-state index in [1.54, 1.807) is 4.90 Å². The predicted octanol–water partition coefficient (Wildman–Crippen LogP) is -0.343. The van der Waals surface area contributed by atoms with Gasteiger partial charge < -0.3 is 10.6 Å². The van der Waals surface area contributed by atoms with Crippen LogP contribution in [0, 0.1) is 12.3 Å². The Hall–Kier alpha value is -1.10. The summed E-state index contributed by atoms with van der Waals surface area (Å²) in [6.45, 7) is 0.998. The fraction of sp³-hybridized carbons (Fsp3) is 0.769. The molecule has 0 saturated carbocycles. The van der Waals surface area contributed by atoms with Gasteiger partial charge in [-0.1, -0.05) is 0 Å². The van der Waals surface area contributed by atoms with E-state index < -0.39 is 16.1 Å². The molecule has 20 heavy (non-hydrogen) atoms. The molecule has 1 fully saturated rings.